The Hall–Kier alpha value is -3.03. The number of benzene rings is 2. The summed E-state index contributed by atoms with van der Waals surface area (Å²) in [5.74, 6) is -0.920. The molecule has 1 saturated heterocycles. The zero-order chi connectivity index (χ0) is 21.8. The molecule has 160 valence electrons. The van der Waals surface area contributed by atoms with Gasteiger partial charge in [-0.1, -0.05) is 29.8 Å². The Balaban J connectivity index is 1.41. The van der Waals surface area contributed by atoms with Crippen molar-refractivity contribution in [3.8, 4) is 0 Å². The van der Waals surface area contributed by atoms with E-state index in [9.17, 15) is 14.0 Å². The Kier molecular flexibility index (Phi) is 6.44. The van der Waals surface area contributed by atoms with Crippen molar-refractivity contribution in [3.05, 3.63) is 76.7 Å². The van der Waals surface area contributed by atoms with Crippen molar-refractivity contribution in [1.82, 2.24) is 20.5 Å². The molecule has 3 aromatic rings. The SMILES string of the molecule is O=C(CC1C(=O)NCCN1Cc1c(F)cccc1Cl)NCc1ccc2ncccc2c1. The van der Waals surface area contributed by atoms with E-state index in [2.05, 4.69) is 15.6 Å². The topological polar surface area (TPSA) is 74.3 Å². The number of halogens is 2. The summed E-state index contributed by atoms with van der Waals surface area (Å²) < 4.78 is 14.2. The number of fused-ring (bicyclic) bond motifs is 1. The number of carbonyl (C=O) groups is 2. The smallest absolute Gasteiger partial charge is 0.237 e. The van der Waals surface area contributed by atoms with Crippen molar-refractivity contribution < 1.29 is 14.0 Å². The first-order chi connectivity index (χ1) is 15.0. The van der Waals surface area contributed by atoms with Gasteiger partial charge in [-0.2, -0.15) is 0 Å². The van der Waals surface area contributed by atoms with Crippen molar-refractivity contribution in [2.75, 3.05) is 13.1 Å². The van der Waals surface area contributed by atoms with Crippen LogP contribution in [0.1, 0.15) is 17.5 Å². The van der Waals surface area contributed by atoms with E-state index in [0.29, 0.717) is 30.2 Å². The van der Waals surface area contributed by atoms with E-state index in [1.807, 2.05) is 30.3 Å². The number of piperazine rings is 1. The summed E-state index contributed by atoms with van der Waals surface area (Å²) in [6, 6.07) is 13.4. The fraction of sp³-hybridized carbons (Fsp3) is 0.261. The zero-order valence-corrected chi connectivity index (χ0v) is 17.5. The zero-order valence-electron chi connectivity index (χ0n) is 16.8. The summed E-state index contributed by atoms with van der Waals surface area (Å²) in [4.78, 5) is 31.1. The quantitative estimate of drug-likeness (QED) is 0.618. The van der Waals surface area contributed by atoms with E-state index in [4.69, 9.17) is 11.6 Å². The number of nitrogens with one attached hydrogen (secondary N) is 2. The molecular formula is C23H22ClFN4O2. The maximum atomic E-state index is 14.2. The normalized spacial score (nSPS) is 16.8. The summed E-state index contributed by atoms with van der Waals surface area (Å²) in [6.07, 6.45) is 1.71. The van der Waals surface area contributed by atoms with Gasteiger partial charge in [0.15, 0.2) is 0 Å². The first kappa shape index (κ1) is 21.2. The maximum Gasteiger partial charge on any atom is 0.237 e. The molecule has 8 heteroatoms. The molecule has 1 aliphatic rings. The lowest BCUT2D eigenvalue weighted by Gasteiger charge is -2.35. The predicted molar refractivity (Wildman–Crippen MR) is 117 cm³/mol. The Morgan fingerprint density at radius 3 is 2.97 bits per heavy atom. The van der Waals surface area contributed by atoms with Crippen LogP contribution in [0.25, 0.3) is 10.9 Å². The van der Waals surface area contributed by atoms with E-state index >= 15 is 0 Å². The maximum absolute atomic E-state index is 14.2. The molecular weight excluding hydrogens is 419 g/mol. The van der Waals surface area contributed by atoms with E-state index < -0.39 is 11.9 Å². The minimum Gasteiger partial charge on any atom is -0.353 e. The summed E-state index contributed by atoms with van der Waals surface area (Å²) in [5.41, 5.74) is 2.16. The number of nitrogens with zero attached hydrogens (tertiary/aromatic N) is 2. The molecule has 1 atom stereocenters. The van der Waals surface area contributed by atoms with Gasteiger partial charge in [0, 0.05) is 48.3 Å². The molecule has 0 bridgehead atoms. The van der Waals surface area contributed by atoms with Crippen LogP contribution >= 0.6 is 11.6 Å². The number of aromatic nitrogens is 1. The van der Waals surface area contributed by atoms with Crippen LogP contribution in [0, 0.1) is 5.82 Å². The van der Waals surface area contributed by atoms with E-state index in [0.717, 1.165) is 16.5 Å². The van der Waals surface area contributed by atoms with Crippen molar-refractivity contribution >= 4 is 34.3 Å². The minimum atomic E-state index is -0.690. The predicted octanol–water partition coefficient (Wildman–Crippen LogP) is 3.03. The molecule has 4 rings (SSSR count). The second-order valence-electron chi connectivity index (χ2n) is 7.49. The van der Waals surface area contributed by atoms with Crippen LogP contribution in [0.4, 0.5) is 4.39 Å². The number of amides is 2. The second-order valence-corrected chi connectivity index (χ2v) is 7.90. The molecule has 2 amide bonds. The summed E-state index contributed by atoms with van der Waals surface area (Å²) in [5, 5.41) is 6.95. The summed E-state index contributed by atoms with van der Waals surface area (Å²) in [6.45, 7) is 1.45. The summed E-state index contributed by atoms with van der Waals surface area (Å²) >= 11 is 6.15. The van der Waals surface area contributed by atoms with Gasteiger partial charge in [-0.15, -0.1) is 0 Å². The van der Waals surface area contributed by atoms with Crippen LogP contribution < -0.4 is 10.6 Å². The Morgan fingerprint density at radius 2 is 2.13 bits per heavy atom. The van der Waals surface area contributed by atoms with Gasteiger partial charge in [-0.3, -0.25) is 19.5 Å². The molecule has 0 radical (unpaired) electrons. The highest BCUT2D eigenvalue weighted by molar-refractivity contribution is 6.31. The molecule has 1 unspecified atom stereocenters. The highest BCUT2D eigenvalue weighted by Gasteiger charge is 2.32. The van der Waals surface area contributed by atoms with Crippen molar-refractivity contribution in [2.24, 2.45) is 0 Å². The molecule has 2 heterocycles. The van der Waals surface area contributed by atoms with Crippen LogP contribution in [0.3, 0.4) is 0 Å². The van der Waals surface area contributed by atoms with Crippen LogP contribution in [0.15, 0.2) is 54.7 Å². The molecule has 1 fully saturated rings. The second kappa shape index (κ2) is 9.41. The number of rotatable bonds is 6. The molecule has 2 N–H and O–H groups in total. The standard InChI is InChI=1S/C23H22ClFN4O2/c24-18-4-1-5-19(25)17(18)14-29-10-9-27-23(31)21(29)12-22(30)28-13-15-6-7-20-16(11-15)3-2-8-26-20/h1-8,11,21H,9-10,12-14H2,(H,27,31)(H,28,30). The molecule has 2 aromatic carbocycles. The summed E-state index contributed by atoms with van der Waals surface area (Å²) in [7, 11) is 0. The lowest BCUT2D eigenvalue weighted by Crippen LogP contribution is -2.56. The number of hydrogen-bond acceptors (Lipinski definition) is 4. The lowest BCUT2D eigenvalue weighted by atomic mass is 10.1. The van der Waals surface area contributed by atoms with Crippen molar-refractivity contribution in [1.29, 1.82) is 0 Å². The Morgan fingerprint density at radius 1 is 1.26 bits per heavy atom. The van der Waals surface area contributed by atoms with E-state index in [1.165, 1.54) is 12.1 Å². The van der Waals surface area contributed by atoms with Gasteiger partial charge in [-0.05, 0) is 35.9 Å². The van der Waals surface area contributed by atoms with E-state index in [1.54, 1.807) is 17.2 Å². The van der Waals surface area contributed by atoms with Gasteiger partial charge in [0.2, 0.25) is 11.8 Å². The van der Waals surface area contributed by atoms with Crippen molar-refractivity contribution in [3.63, 3.8) is 0 Å². The molecule has 0 spiro atoms. The third-order valence-corrected chi connectivity index (χ3v) is 5.75. The third kappa shape index (κ3) is 5.00. The molecule has 31 heavy (non-hydrogen) atoms. The van der Waals surface area contributed by atoms with Crippen LogP contribution in [-0.2, 0) is 22.7 Å². The van der Waals surface area contributed by atoms with Gasteiger partial charge < -0.3 is 10.6 Å². The lowest BCUT2D eigenvalue weighted by molar-refractivity contribution is -0.134. The number of pyridine rings is 1. The molecule has 0 saturated carbocycles. The third-order valence-electron chi connectivity index (χ3n) is 5.40. The molecule has 1 aromatic heterocycles. The fourth-order valence-electron chi connectivity index (χ4n) is 3.74. The highest BCUT2D eigenvalue weighted by Crippen LogP contribution is 2.23. The molecule has 0 aliphatic carbocycles. The first-order valence-electron chi connectivity index (χ1n) is 10.1. The molecule has 6 nitrogen and oxygen atoms in total. The van der Waals surface area contributed by atoms with E-state index in [-0.39, 0.29) is 24.8 Å². The number of carbonyl (C=O) groups excluding carboxylic acids is 2. The largest absolute Gasteiger partial charge is 0.353 e. The van der Waals surface area contributed by atoms with Crippen molar-refractivity contribution in [2.45, 2.75) is 25.6 Å². The monoisotopic (exact) mass is 440 g/mol. The average molecular weight is 441 g/mol. The van der Waals surface area contributed by atoms with Gasteiger partial charge >= 0.3 is 0 Å². The van der Waals surface area contributed by atoms with Crippen LogP contribution in [0.5, 0.6) is 0 Å². The molecule has 1 aliphatic heterocycles. The van der Waals surface area contributed by atoms with Gasteiger partial charge in [-0.25, -0.2) is 4.39 Å². The van der Waals surface area contributed by atoms with Gasteiger partial charge in [0.25, 0.3) is 0 Å². The average Bonchev–Trinajstić information content (AvgIpc) is 2.77. The van der Waals surface area contributed by atoms with Gasteiger partial charge in [0.1, 0.15) is 5.82 Å². The van der Waals surface area contributed by atoms with Gasteiger partial charge in [0.05, 0.1) is 18.0 Å². The van der Waals surface area contributed by atoms with Crippen LogP contribution in [0.2, 0.25) is 5.02 Å². The fourth-order valence-corrected chi connectivity index (χ4v) is 3.97. The Bertz CT molecular complexity index is 1100. The highest BCUT2D eigenvalue weighted by atomic mass is 35.5. The minimum absolute atomic E-state index is 0.0208. The van der Waals surface area contributed by atoms with Crippen LogP contribution in [-0.4, -0.2) is 40.8 Å². The number of hydrogen-bond donors (Lipinski definition) is 2. The first-order valence-corrected chi connectivity index (χ1v) is 10.4. The Labute approximate surface area is 184 Å².